The van der Waals surface area contributed by atoms with Crippen LogP contribution in [0.4, 0.5) is 4.39 Å². The Labute approximate surface area is 109 Å². The molecule has 96 valence electrons. The molecule has 2 N–H and O–H groups in total. The third-order valence-electron chi connectivity index (χ3n) is 2.73. The van der Waals surface area contributed by atoms with Gasteiger partial charge < -0.3 is 10.3 Å². The second-order valence-corrected chi connectivity index (χ2v) is 5.12. The van der Waals surface area contributed by atoms with Gasteiger partial charge in [-0.15, -0.1) is 10.2 Å². The van der Waals surface area contributed by atoms with Crippen LogP contribution < -0.4 is 5.73 Å². The number of hydrogen-bond donors (Lipinski definition) is 1. The molecule has 0 aliphatic rings. The lowest BCUT2D eigenvalue weighted by atomic mass is 10.1. The molecule has 0 bridgehead atoms. The topological polar surface area (TPSA) is 56.7 Å². The van der Waals surface area contributed by atoms with Gasteiger partial charge in [0.15, 0.2) is 5.16 Å². The van der Waals surface area contributed by atoms with E-state index in [-0.39, 0.29) is 11.9 Å². The van der Waals surface area contributed by atoms with Crippen molar-refractivity contribution in [2.45, 2.75) is 29.9 Å². The molecule has 4 nitrogen and oxygen atoms in total. The van der Waals surface area contributed by atoms with Gasteiger partial charge in [0, 0.05) is 13.1 Å². The molecule has 0 radical (unpaired) electrons. The molecule has 0 aliphatic carbocycles. The van der Waals surface area contributed by atoms with Crippen molar-refractivity contribution in [1.82, 2.24) is 14.8 Å². The number of benzene rings is 1. The van der Waals surface area contributed by atoms with E-state index in [0.29, 0.717) is 10.1 Å². The summed E-state index contributed by atoms with van der Waals surface area (Å²) in [6.45, 7) is 3.69. The van der Waals surface area contributed by atoms with E-state index in [1.807, 2.05) is 31.5 Å². The molecule has 18 heavy (non-hydrogen) atoms. The molecule has 0 amide bonds. The number of aromatic nitrogens is 3. The van der Waals surface area contributed by atoms with E-state index in [1.165, 1.54) is 17.8 Å². The van der Waals surface area contributed by atoms with E-state index in [1.54, 1.807) is 6.07 Å². The van der Waals surface area contributed by atoms with Crippen molar-refractivity contribution >= 4 is 11.8 Å². The summed E-state index contributed by atoms with van der Waals surface area (Å²) in [5, 5.41) is 8.63. The van der Waals surface area contributed by atoms with E-state index in [9.17, 15) is 4.39 Å². The molecule has 2 rings (SSSR count). The second kappa shape index (κ2) is 5.07. The first-order chi connectivity index (χ1) is 8.50. The molecule has 0 unspecified atom stereocenters. The number of hydrogen-bond acceptors (Lipinski definition) is 4. The normalized spacial score (nSPS) is 12.7. The van der Waals surface area contributed by atoms with Gasteiger partial charge in [0.05, 0.1) is 4.90 Å². The van der Waals surface area contributed by atoms with Crippen LogP contribution in [-0.2, 0) is 7.05 Å². The van der Waals surface area contributed by atoms with Gasteiger partial charge in [-0.2, -0.15) is 0 Å². The monoisotopic (exact) mass is 266 g/mol. The van der Waals surface area contributed by atoms with Crippen LogP contribution in [0.2, 0.25) is 0 Å². The highest BCUT2D eigenvalue weighted by molar-refractivity contribution is 7.99. The summed E-state index contributed by atoms with van der Waals surface area (Å²) in [7, 11) is 1.85. The first kappa shape index (κ1) is 13.0. The lowest BCUT2D eigenvalue weighted by Gasteiger charge is -2.12. The van der Waals surface area contributed by atoms with Crippen LogP contribution in [0.5, 0.6) is 0 Å². The molecule has 1 heterocycles. The van der Waals surface area contributed by atoms with Crippen molar-refractivity contribution in [3.8, 4) is 0 Å². The summed E-state index contributed by atoms with van der Waals surface area (Å²) in [5.74, 6) is 0.506. The highest BCUT2D eigenvalue weighted by Crippen LogP contribution is 2.33. The average Bonchev–Trinajstić information content (AvgIpc) is 2.63. The lowest BCUT2D eigenvalue weighted by Crippen LogP contribution is -2.07. The minimum absolute atomic E-state index is 0.225. The van der Waals surface area contributed by atoms with E-state index in [2.05, 4.69) is 10.2 Å². The summed E-state index contributed by atoms with van der Waals surface area (Å²) in [4.78, 5) is 0.517. The predicted molar refractivity (Wildman–Crippen MR) is 68.9 cm³/mol. The summed E-state index contributed by atoms with van der Waals surface area (Å²) in [6.07, 6.45) is 0. The highest BCUT2D eigenvalue weighted by Gasteiger charge is 2.16. The summed E-state index contributed by atoms with van der Waals surface area (Å²) in [6, 6.07) is 4.70. The molecule has 1 aromatic carbocycles. The van der Waals surface area contributed by atoms with Gasteiger partial charge in [0.2, 0.25) is 0 Å². The molecule has 1 aromatic heterocycles. The number of halogens is 1. The molecular formula is C12H15FN4S. The number of nitrogens with zero attached hydrogens (tertiary/aromatic N) is 3. The first-order valence-corrected chi connectivity index (χ1v) is 6.40. The minimum Gasteiger partial charge on any atom is -0.324 e. The maximum atomic E-state index is 13.9. The molecule has 0 spiro atoms. The van der Waals surface area contributed by atoms with Crippen molar-refractivity contribution in [2.24, 2.45) is 12.8 Å². The van der Waals surface area contributed by atoms with Crippen LogP contribution in [0.3, 0.4) is 0 Å². The Morgan fingerprint density at radius 3 is 2.67 bits per heavy atom. The molecule has 1 atom stereocenters. The van der Waals surface area contributed by atoms with Crippen LogP contribution in [0.1, 0.15) is 24.4 Å². The van der Waals surface area contributed by atoms with Crippen LogP contribution in [0.15, 0.2) is 28.3 Å². The van der Waals surface area contributed by atoms with E-state index in [0.717, 1.165) is 11.4 Å². The zero-order valence-electron chi connectivity index (χ0n) is 10.5. The summed E-state index contributed by atoms with van der Waals surface area (Å²) < 4.78 is 15.7. The molecule has 2 aromatic rings. The average molecular weight is 266 g/mol. The zero-order valence-corrected chi connectivity index (χ0v) is 11.3. The SMILES string of the molecule is Cc1nnc(Sc2c(F)cccc2[C@@H](C)N)n1C. The Bertz CT molecular complexity index is 565. The van der Waals surface area contributed by atoms with Crippen molar-refractivity contribution in [2.75, 3.05) is 0 Å². The number of aryl methyl sites for hydroxylation is 1. The Morgan fingerprint density at radius 1 is 1.39 bits per heavy atom. The lowest BCUT2D eigenvalue weighted by molar-refractivity contribution is 0.590. The van der Waals surface area contributed by atoms with Crippen LogP contribution in [-0.4, -0.2) is 14.8 Å². The number of nitrogens with two attached hydrogens (primary N) is 1. The molecular weight excluding hydrogens is 251 g/mol. The quantitative estimate of drug-likeness (QED) is 0.927. The fourth-order valence-corrected chi connectivity index (χ4v) is 2.63. The third kappa shape index (κ3) is 2.39. The van der Waals surface area contributed by atoms with Crippen LogP contribution in [0, 0.1) is 12.7 Å². The Kier molecular flexibility index (Phi) is 3.68. The van der Waals surface area contributed by atoms with E-state index >= 15 is 0 Å². The predicted octanol–water partition coefficient (Wildman–Crippen LogP) is 2.43. The Morgan fingerprint density at radius 2 is 2.11 bits per heavy atom. The van der Waals surface area contributed by atoms with Crippen molar-refractivity contribution in [3.63, 3.8) is 0 Å². The van der Waals surface area contributed by atoms with E-state index < -0.39 is 0 Å². The summed E-state index contributed by atoms with van der Waals surface area (Å²) in [5.41, 5.74) is 6.64. The molecule has 0 saturated heterocycles. The van der Waals surface area contributed by atoms with E-state index in [4.69, 9.17) is 5.73 Å². The molecule has 6 heteroatoms. The minimum atomic E-state index is -0.282. The standard InChI is InChI=1S/C12H15FN4S/c1-7(14)9-5-4-6-10(13)11(9)18-12-16-15-8(2)17(12)3/h4-7H,14H2,1-3H3/t7-/m1/s1. The second-order valence-electron chi connectivity index (χ2n) is 4.14. The van der Waals surface area contributed by atoms with Gasteiger partial charge in [0.1, 0.15) is 11.6 Å². The van der Waals surface area contributed by atoms with Crippen molar-refractivity contribution in [3.05, 3.63) is 35.4 Å². The Balaban J connectivity index is 2.42. The highest BCUT2D eigenvalue weighted by atomic mass is 32.2. The smallest absolute Gasteiger partial charge is 0.195 e. The van der Waals surface area contributed by atoms with Gasteiger partial charge in [-0.05, 0) is 37.2 Å². The largest absolute Gasteiger partial charge is 0.324 e. The fraction of sp³-hybridized carbons (Fsp3) is 0.333. The van der Waals surface area contributed by atoms with Crippen molar-refractivity contribution < 1.29 is 4.39 Å². The van der Waals surface area contributed by atoms with Gasteiger partial charge in [0.25, 0.3) is 0 Å². The maximum Gasteiger partial charge on any atom is 0.195 e. The van der Waals surface area contributed by atoms with Gasteiger partial charge in [-0.3, -0.25) is 0 Å². The van der Waals surface area contributed by atoms with Crippen LogP contribution >= 0.6 is 11.8 Å². The third-order valence-corrected chi connectivity index (χ3v) is 3.91. The van der Waals surface area contributed by atoms with Crippen LogP contribution in [0.25, 0.3) is 0 Å². The van der Waals surface area contributed by atoms with Gasteiger partial charge in [-0.1, -0.05) is 12.1 Å². The first-order valence-electron chi connectivity index (χ1n) is 5.58. The number of rotatable bonds is 3. The molecule has 0 saturated carbocycles. The van der Waals surface area contributed by atoms with Gasteiger partial charge in [-0.25, -0.2) is 4.39 Å². The molecule has 0 aliphatic heterocycles. The fourth-order valence-electron chi connectivity index (χ4n) is 1.56. The summed E-state index contributed by atoms with van der Waals surface area (Å²) >= 11 is 1.25. The van der Waals surface area contributed by atoms with Gasteiger partial charge >= 0.3 is 0 Å². The Hall–Kier alpha value is -1.40. The van der Waals surface area contributed by atoms with Crippen molar-refractivity contribution in [1.29, 1.82) is 0 Å². The zero-order chi connectivity index (χ0) is 13.3. The molecule has 0 fully saturated rings. The maximum absolute atomic E-state index is 13.9.